The average Bonchev–Trinajstić information content (AvgIpc) is 3.54. The molecule has 5 heterocycles. The second-order valence-electron chi connectivity index (χ2n) is 6.54. The standard InChI is InChI=1S/C20H8N8S3/c1-27-11-3-13(25-9(5-21)6-22)29-17(11)19-15(27)16-20(31-19)18-12(28(16)2)4-14(30-18)26-10(7-23)8-24/h3-4H,1-2H3. The van der Waals surface area contributed by atoms with Gasteiger partial charge >= 0.3 is 0 Å². The molecule has 0 N–H and O–H groups in total. The molecule has 0 radical (unpaired) electrons. The summed E-state index contributed by atoms with van der Waals surface area (Å²) in [6, 6.07) is 11.0. The van der Waals surface area contributed by atoms with Crippen LogP contribution in [0.4, 0.5) is 10.0 Å². The predicted molar refractivity (Wildman–Crippen MR) is 125 cm³/mol. The first kappa shape index (κ1) is 19.0. The lowest BCUT2D eigenvalue weighted by molar-refractivity contribution is 0.989. The molecule has 146 valence electrons. The summed E-state index contributed by atoms with van der Waals surface area (Å²) in [6.45, 7) is 0. The second-order valence-corrected chi connectivity index (χ2v) is 9.62. The van der Waals surface area contributed by atoms with Crippen LogP contribution in [0.3, 0.4) is 0 Å². The van der Waals surface area contributed by atoms with E-state index < -0.39 is 0 Å². The van der Waals surface area contributed by atoms with Crippen molar-refractivity contribution in [1.82, 2.24) is 9.13 Å². The first-order valence-electron chi connectivity index (χ1n) is 8.71. The third-order valence-electron chi connectivity index (χ3n) is 4.93. The molecular formula is C20H8N8S3. The van der Waals surface area contributed by atoms with E-state index in [1.165, 1.54) is 22.7 Å². The summed E-state index contributed by atoms with van der Waals surface area (Å²) in [5.41, 5.74) is 3.91. The summed E-state index contributed by atoms with van der Waals surface area (Å²) in [4.78, 5) is 8.29. The molecule has 0 fully saturated rings. The summed E-state index contributed by atoms with van der Waals surface area (Å²) >= 11 is 4.58. The normalized spacial score (nSPS) is 10.8. The number of nitrogens with zero attached hydrogens (tertiary/aromatic N) is 8. The van der Waals surface area contributed by atoms with Gasteiger partial charge in [-0.15, -0.1) is 34.0 Å². The van der Waals surface area contributed by atoms with Crippen LogP contribution in [0, 0.1) is 45.3 Å². The number of aromatic nitrogens is 2. The van der Waals surface area contributed by atoms with Gasteiger partial charge in [0.25, 0.3) is 0 Å². The maximum absolute atomic E-state index is 8.98. The number of aryl methyl sites for hydroxylation is 2. The van der Waals surface area contributed by atoms with Gasteiger partial charge in [0.1, 0.15) is 34.3 Å². The Hall–Kier alpha value is -4.00. The van der Waals surface area contributed by atoms with Crippen molar-refractivity contribution >= 4 is 96.3 Å². The van der Waals surface area contributed by atoms with E-state index in [0.29, 0.717) is 10.0 Å². The molecule has 0 aliphatic carbocycles. The van der Waals surface area contributed by atoms with E-state index in [0.717, 1.165) is 40.9 Å². The number of hydrogen-bond acceptors (Lipinski definition) is 9. The third-order valence-corrected chi connectivity index (χ3v) is 8.46. The molecule has 0 amide bonds. The Balaban J connectivity index is 1.78. The van der Waals surface area contributed by atoms with Gasteiger partial charge in [-0.05, 0) is 12.1 Å². The lowest BCUT2D eigenvalue weighted by Gasteiger charge is -1.99. The Morgan fingerprint density at radius 3 is 1.42 bits per heavy atom. The molecule has 5 aromatic heterocycles. The van der Waals surface area contributed by atoms with Gasteiger partial charge in [-0.1, -0.05) is 0 Å². The molecule has 0 aliphatic heterocycles. The minimum Gasteiger partial charge on any atom is -0.340 e. The first-order valence-corrected chi connectivity index (χ1v) is 11.2. The molecule has 8 nitrogen and oxygen atoms in total. The molecule has 0 unspecified atom stereocenters. The highest BCUT2D eigenvalue weighted by Gasteiger charge is 2.23. The summed E-state index contributed by atoms with van der Waals surface area (Å²) in [7, 11) is 3.99. The van der Waals surface area contributed by atoms with E-state index in [-0.39, 0.29) is 11.4 Å². The highest BCUT2D eigenvalue weighted by Crippen LogP contribution is 2.50. The van der Waals surface area contributed by atoms with Crippen LogP contribution in [-0.2, 0) is 14.1 Å². The van der Waals surface area contributed by atoms with Gasteiger partial charge < -0.3 is 9.13 Å². The number of nitriles is 4. The molecule has 0 aromatic carbocycles. The van der Waals surface area contributed by atoms with Crippen LogP contribution >= 0.6 is 34.0 Å². The van der Waals surface area contributed by atoms with Crippen LogP contribution in [-0.4, -0.2) is 20.6 Å². The van der Waals surface area contributed by atoms with E-state index in [9.17, 15) is 0 Å². The molecule has 0 aliphatic rings. The summed E-state index contributed by atoms with van der Waals surface area (Å²) in [5, 5.41) is 37.2. The third kappa shape index (κ3) is 2.59. The fourth-order valence-corrected chi connectivity index (χ4v) is 7.40. The van der Waals surface area contributed by atoms with Crippen molar-refractivity contribution in [3.63, 3.8) is 0 Å². The molecule has 5 rings (SSSR count). The first-order chi connectivity index (χ1) is 15.0. The number of fused-ring (bicyclic) bond motifs is 7. The minimum absolute atomic E-state index is 0.165. The highest BCUT2D eigenvalue weighted by atomic mass is 32.1. The fourth-order valence-electron chi connectivity index (χ4n) is 3.63. The Bertz CT molecular complexity index is 1640. The van der Waals surface area contributed by atoms with Gasteiger partial charge in [0.2, 0.25) is 11.4 Å². The van der Waals surface area contributed by atoms with E-state index in [2.05, 4.69) is 19.1 Å². The van der Waals surface area contributed by atoms with Crippen molar-refractivity contribution in [3.05, 3.63) is 12.1 Å². The lowest BCUT2D eigenvalue weighted by Crippen LogP contribution is -1.90. The van der Waals surface area contributed by atoms with Gasteiger partial charge in [0.15, 0.2) is 0 Å². The van der Waals surface area contributed by atoms with Crippen molar-refractivity contribution in [2.75, 3.05) is 0 Å². The van der Waals surface area contributed by atoms with Crippen LogP contribution < -0.4 is 0 Å². The van der Waals surface area contributed by atoms with Gasteiger partial charge in [0.05, 0.1) is 40.9 Å². The predicted octanol–water partition coefficient (Wildman–Crippen LogP) is 5.40. The zero-order valence-electron chi connectivity index (χ0n) is 16.0. The number of aliphatic imine (C=N–C) groups is 2. The zero-order valence-corrected chi connectivity index (χ0v) is 18.4. The lowest BCUT2D eigenvalue weighted by atomic mass is 10.4. The largest absolute Gasteiger partial charge is 0.340 e. The molecule has 11 heteroatoms. The van der Waals surface area contributed by atoms with Gasteiger partial charge in [-0.25, -0.2) is 9.98 Å². The van der Waals surface area contributed by atoms with E-state index in [1.54, 1.807) is 35.6 Å². The smallest absolute Gasteiger partial charge is 0.219 e. The molecular weight excluding hydrogens is 448 g/mol. The molecule has 0 spiro atoms. The molecule has 0 saturated heterocycles. The van der Waals surface area contributed by atoms with E-state index in [1.807, 2.05) is 26.2 Å². The maximum Gasteiger partial charge on any atom is 0.219 e. The SMILES string of the molecule is Cn1c2cc(N=C(C#N)C#N)sc2c2sc3c4sc(N=C(C#N)C#N)cc4n(C)c3c21. The molecule has 0 atom stereocenters. The van der Waals surface area contributed by atoms with Crippen molar-refractivity contribution in [3.8, 4) is 24.3 Å². The van der Waals surface area contributed by atoms with Crippen molar-refractivity contribution in [2.45, 2.75) is 0 Å². The Kier molecular flexibility index (Phi) is 4.15. The molecule has 5 aromatic rings. The number of thiophene rings is 3. The van der Waals surface area contributed by atoms with Gasteiger partial charge in [-0.3, -0.25) is 0 Å². The van der Waals surface area contributed by atoms with E-state index in [4.69, 9.17) is 21.0 Å². The monoisotopic (exact) mass is 456 g/mol. The Morgan fingerprint density at radius 2 is 1.06 bits per heavy atom. The zero-order chi connectivity index (χ0) is 21.9. The summed E-state index contributed by atoms with van der Waals surface area (Å²) in [6.07, 6.45) is 0. The van der Waals surface area contributed by atoms with Crippen LogP contribution in [0.1, 0.15) is 0 Å². The summed E-state index contributed by atoms with van der Waals surface area (Å²) in [5.74, 6) is 0. The maximum atomic E-state index is 8.98. The molecule has 31 heavy (non-hydrogen) atoms. The van der Waals surface area contributed by atoms with Crippen molar-refractivity contribution in [1.29, 1.82) is 21.0 Å². The topological polar surface area (TPSA) is 130 Å². The van der Waals surface area contributed by atoms with Crippen LogP contribution in [0.25, 0.3) is 40.9 Å². The van der Waals surface area contributed by atoms with Gasteiger partial charge in [0, 0.05) is 14.1 Å². The van der Waals surface area contributed by atoms with Crippen molar-refractivity contribution < 1.29 is 0 Å². The van der Waals surface area contributed by atoms with Crippen molar-refractivity contribution in [2.24, 2.45) is 24.1 Å². The fraction of sp³-hybridized carbons (Fsp3) is 0.100. The molecule has 0 bridgehead atoms. The molecule has 0 saturated carbocycles. The van der Waals surface area contributed by atoms with E-state index >= 15 is 0 Å². The van der Waals surface area contributed by atoms with Crippen LogP contribution in [0.15, 0.2) is 22.1 Å². The minimum atomic E-state index is -0.165. The van der Waals surface area contributed by atoms with Crippen LogP contribution in [0.2, 0.25) is 0 Å². The number of rotatable bonds is 2. The Labute approximate surface area is 186 Å². The summed E-state index contributed by atoms with van der Waals surface area (Å²) < 4.78 is 8.59. The number of hydrogen-bond donors (Lipinski definition) is 0. The quantitative estimate of drug-likeness (QED) is 0.329. The highest BCUT2D eigenvalue weighted by molar-refractivity contribution is 7.35. The Morgan fingerprint density at radius 1 is 0.677 bits per heavy atom. The second kappa shape index (κ2) is 6.77. The average molecular weight is 457 g/mol. The van der Waals surface area contributed by atoms with Gasteiger partial charge in [-0.2, -0.15) is 21.0 Å². The van der Waals surface area contributed by atoms with Crippen LogP contribution in [0.5, 0.6) is 0 Å².